The molecular weight excluding hydrogens is 236 g/mol. The predicted octanol–water partition coefficient (Wildman–Crippen LogP) is 3.41. The summed E-state index contributed by atoms with van der Waals surface area (Å²) in [5, 5.41) is 4.95. The summed E-state index contributed by atoms with van der Waals surface area (Å²) in [6, 6.07) is 0. The van der Waals surface area contributed by atoms with Crippen LogP contribution in [-0.4, -0.2) is 15.6 Å². The van der Waals surface area contributed by atoms with Gasteiger partial charge in [-0.1, -0.05) is 25.4 Å². The number of aryl methyl sites for hydroxylation is 2. The maximum Gasteiger partial charge on any atom is 0.138 e. The summed E-state index contributed by atoms with van der Waals surface area (Å²) in [6.07, 6.45) is 1.97. The quantitative estimate of drug-likeness (QED) is 0.782. The van der Waals surface area contributed by atoms with Gasteiger partial charge in [-0.15, -0.1) is 0 Å². The molecule has 0 aliphatic rings. The number of nitrogens with zero attached hydrogens (tertiary/aromatic N) is 2. The summed E-state index contributed by atoms with van der Waals surface area (Å²) in [7, 11) is 0. The first-order chi connectivity index (χ1) is 7.95. The van der Waals surface area contributed by atoms with Crippen LogP contribution in [0.3, 0.4) is 0 Å². The molecule has 4 heteroatoms. The maximum atomic E-state index is 11.8. The van der Waals surface area contributed by atoms with E-state index < -0.39 is 0 Å². The molecule has 0 N–H and O–H groups in total. The topological polar surface area (TPSA) is 34.9 Å². The molecule has 0 aliphatic carbocycles. The van der Waals surface area contributed by atoms with Gasteiger partial charge in [0.05, 0.1) is 16.4 Å². The van der Waals surface area contributed by atoms with Gasteiger partial charge in [-0.2, -0.15) is 5.10 Å². The third-order valence-electron chi connectivity index (χ3n) is 2.82. The molecule has 0 bridgehead atoms. The fraction of sp³-hybridized carbons (Fsp3) is 0.692. The second-order valence-corrected chi connectivity index (χ2v) is 5.19. The fourth-order valence-electron chi connectivity index (χ4n) is 1.76. The summed E-state index contributed by atoms with van der Waals surface area (Å²) in [6.45, 7) is 8.88. The Morgan fingerprint density at radius 2 is 2.12 bits per heavy atom. The van der Waals surface area contributed by atoms with Crippen LogP contribution in [0.5, 0.6) is 0 Å². The van der Waals surface area contributed by atoms with Crippen molar-refractivity contribution in [3.63, 3.8) is 0 Å². The van der Waals surface area contributed by atoms with Crippen molar-refractivity contribution < 1.29 is 4.79 Å². The number of Topliss-reactive ketones (excluding diaryl/α,β-unsaturated/α-hetero) is 1. The van der Waals surface area contributed by atoms with Crippen molar-refractivity contribution in [3.8, 4) is 0 Å². The molecule has 0 aromatic carbocycles. The van der Waals surface area contributed by atoms with Gasteiger partial charge in [0.15, 0.2) is 0 Å². The highest BCUT2D eigenvalue weighted by atomic mass is 35.5. The van der Waals surface area contributed by atoms with Crippen LogP contribution in [0.4, 0.5) is 0 Å². The third kappa shape index (κ3) is 3.84. The Labute approximate surface area is 108 Å². The van der Waals surface area contributed by atoms with E-state index in [0.29, 0.717) is 23.8 Å². The fourth-order valence-corrected chi connectivity index (χ4v) is 1.96. The van der Waals surface area contributed by atoms with E-state index in [1.807, 2.05) is 18.5 Å². The van der Waals surface area contributed by atoms with Crippen LogP contribution in [0.2, 0.25) is 5.02 Å². The zero-order chi connectivity index (χ0) is 13.0. The van der Waals surface area contributed by atoms with Crippen molar-refractivity contribution in [1.82, 2.24) is 9.78 Å². The summed E-state index contributed by atoms with van der Waals surface area (Å²) in [4.78, 5) is 11.8. The zero-order valence-electron chi connectivity index (χ0n) is 11.1. The number of hydrogen-bond donors (Lipinski definition) is 0. The number of ketones is 1. The first-order valence-electron chi connectivity index (χ1n) is 6.19. The van der Waals surface area contributed by atoms with Crippen molar-refractivity contribution >= 4 is 17.4 Å². The van der Waals surface area contributed by atoms with E-state index in [9.17, 15) is 4.79 Å². The highest BCUT2D eigenvalue weighted by Gasteiger charge is 2.15. The number of aromatic nitrogens is 2. The monoisotopic (exact) mass is 256 g/mol. The zero-order valence-corrected chi connectivity index (χ0v) is 11.8. The number of halogens is 1. The standard InChI is InChI=1S/C13H21ClN2O/c1-5-16-12(13(14)10(4)15-16)8-11(17)7-6-9(2)3/h9H,5-8H2,1-4H3. The van der Waals surface area contributed by atoms with Crippen LogP contribution in [0.25, 0.3) is 0 Å². The second kappa shape index (κ2) is 6.20. The highest BCUT2D eigenvalue weighted by molar-refractivity contribution is 6.32. The molecule has 0 saturated heterocycles. The highest BCUT2D eigenvalue weighted by Crippen LogP contribution is 2.21. The SMILES string of the molecule is CCn1nc(C)c(Cl)c1CC(=O)CCC(C)C. The molecular formula is C13H21ClN2O. The second-order valence-electron chi connectivity index (χ2n) is 4.81. The Kier molecular flexibility index (Phi) is 5.19. The Balaban J connectivity index is 2.70. The lowest BCUT2D eigenvalue weighted by atomic mass is 10.0. The van der Waals surface area contributed by atoms with Gasteiger partial charge in [-0.05, 0) is 26.2 Å². The minimum absolute atomic E-state index is 0.246. The van der Waals surface area contributed by atoms with Crippen LogP contribution >= 0.6 is 11.6 Å². The number of rotatable bonds is 6. The van der Waals surface area contributed by atoms with Crippen molar-refractivity contribution in [1.29, 1.82) is 0 Å². The van der Waals surface area contributed by atoms with E-state index in [2.05, 4.69) is 18.9 Å². The van der Waals surface area contributed by atoms with E-state index in [-0.39, 0.29) is 5.78 Å². The molecule has 3 nitrogen and oxygen atoms in total. The van der Waals surface area contributed by atoms with Crippen LogP contribution < -0.4 is 0 Å². The summed E-state index contributed by atoms with van der Waals surface area (Å²) >= 11 is 6.16. The summed E-state index contributed by atoms with van der Waals surface area (Å²) < 4.78 is 1.82. The normalized spacial score (nSPS) is 11.2. The molecule has 0 unspecified atom stereocenters. The van der Waals surface area contributed by atoms with Gasteiger partial charge in [0.2, 0.25) is 0 Å². The molecule has 1 heterocycles. The van der Waals surface area contributed by atoms with Gasteiger partial charge >= 0.3 is 0 Å². The lowest BCUT2D eigenvalue weighted by Gasteiger charge is -2.06. The Morgan fingerprint density at radius 1 is 1.47 bits per heavy atom. The Bertz CT molecular complexity index is 396. The Hall–Kier alpha value is -0.830. The molecule has 17 heavy (non-hydrogen) atoms. The Morgan fingerprint density at radius 3 is 2.65 bits per heavy atom. The van der Waals surface area contributed by atoms with Gasteiger partial charge in [0.1, 0.15) is 5.78 Å². The molecule has 0 aliphatic heterocycles. The lowest BCUT2D eigenvalue weighted by molar-refractivity contribution is -0.118. The van der Waals surface area contributed by atoms with E-state index in [1.165, 1.54) is 0 Å². The van der Waals surface area contributed by atoms with Crippen molar-refractivity contribution in [3.05, 3.63) is 16.4 Å². The van der Waals surface area contributed by atoms with Gasteiger partial charge in [0.25, 0.3) is 0 Å². The van der Waals surface area contributed by atoms with Crippen LogP contribution in [-0.2, 0) is 17.8 Å². The first-order valence-corrected chi connectivity index (χ1v) is 6.57. The molecule has 0 atom stereocenters. The lowest BCUT2D eigenvalue weighted by Crippen LogP contribution is -2.10. The first kappa shape index (κ1) is 14.2. The number of carbonyl (C=O) groups is 1. The minimum Gasteiger partial charge on any atom is -0.299 e. The molecule has 0 radical (unpaired) electrons. The van der Waals surface area contributed by atoms with Gasteiger partial charge < -0.3 is 0 Å². The van der Waals surface area contributed by atoms with E-state index in [0.717, 1.165) is 24.4 Å². The maximum absolute atomic E-state index is 11.8. The number of hydrogen-bond acceptors (Lipinski definition) is 2. The minimum atomic E-state index is 0.246. The molecule has 0 fully saturated rings. The van der Waals surface area contributed by atoms with Crippen molar-refractivity contribution in [2.75, 3.05) is 0 Å². The van der Waals surface area contributed by atoms with Gasteiger partial charge in [-0.25, -0.2) is 0 Å². The molecule has 1 aromatic heterocycles. The van der Waals surface area contributed by atoms with E-state index in [4.69, 9.17) is 11.6 Å². The average molecular weight is 257 g/mol. The van der Waals surface area contributed by atoms with Gasteiger partial charge in [-0.3, -0.25) is 9.48 Å². The molecule has 0 saturated carbocycles. The third-order valence-corrected chi connectivity index (χ3v) is 3.31. The molecule has 1 aromatic rings. The molecule has 96 valence electrons. The number of carbonyl (C=O) groups excluding carboxylic acids is 1. The largest absolute Gasteiger partial charge is 0.299 e. The molecule has 0 spiro atoms. The molecule has 0 amide bonds. The molecule has 1 rings (SSSR count). The predicted molar refractivity (Wildman–Crippen MR) is 70.4 cm³/mol. The van der Waals surface area contributed by atoms with Crippen LogP contribution in [0, 0.1) is 12.8 Å². The summed E-state index contributed by atoms with van der Waals surface area (Å²) in [5.41, 5.74) is 1.67. The van der Waals surface area contributed by atoms with E-state index >= 15 is 0 Å². The van der Waals surface area contributed by atoms with Crippen molar-refractivity contribution in [2.24, 2.45) is 5.92 Å². The van der Waals surface area contributed by atoms with Crippen molar-refractivity contribution in [2.45, 2.75) is 53.5 Å². The van der Waals surface area contributed by atoms with Gasteiger partial charge in [0, 0.05) is 19.4 Å². The van der Waals surface area contributed by atoms with Crippen LogP contribution in [0.1, 0.15) is 45.0 Å². The smallest absolute Gasteiger partial charge is 0.138 e. The van der Waals surface area contributed by atoms with E-state index in [1.54, 1.807) is 0 Å². The summed E-state index contributed by atoms with van der Waals surface area (Å²) in [5.74, 6) is 0.808. The van der Waals surface area contributed by atoms with Crippen LogP contribution in [0.15, 0.2) is 0 Å². The average Bonchev–Trinajstić information content (AvgIpc) is 2.54.